The van der Waals surface area contributed by atoms with Crippen molar-refractivity contribution in [1.29, 1.82) is 0 Å². The third-order valence-electron chi connectivity index (χ3n) is 4.81. The van der Waals surface area contributed by atoms with Crippen molar-refractivity contribution in [3.05, 3.63) is 98.5 Å². The summed E-state index contributed by atoms with van der Waals surface area (Å²) in [6.45, 7) is 0. The van der Waals surface area contributed by atoms with Gasteiger partial charge in [0.15, 0.2) is 5.01 Å². The molecule has 3 aromatic carbocycles. The summed E-state index contributed by atoms with van der Waals surface area (Å²) in [7, 11) is 0. The van der Waals surface area contributed by atoms with Gasteiger partial charge in [0.25, 0.3) is 11.6 Å². The molecule has 0 aliphatic carbocycles. The van der Waals surface area contributed by atoms with E-state index in [4.69, 9.17) is 11.6 Å². The molecule has 1 unspecified atom stereocenters. The van der Waals surface area contributed by atoms with Crippen LogP contribution in [-0.4, -0.2) is 27.8 Å². The van der Waals surface area contributed by atoms with E-state index in [1.165, 1.54) is 23.5 Å². The Morgan fingerprint density at radius 2 is 1.73 bits per heavy atom. The standard InChI is InChI=1S/C23H17ClN4O4S/c24-15-7-9-16(10-8-15)25-21(29)19(13-14-5-11-17(12-6-14)28(31)32)26-22(30)23-27-18-3-1-2-4-20(18)33-23/h1-12,19H,13H2,(H,25,29)(H,26,30). The van der Waals surface area contributed by atoms with Gasteiger partial charge < -0.3 is 10.6 Å². The van der Waals surface area contributed by atoms with Gasteiger partial charge in [-0.2, -0.15) is 0 Å². The molecule has 0 fully saturated rings. The van der Waals surface area contributed by atoms with Gasteiger partial charge >= 0.3 is 0 Å². The number of halogens is 1. The second-order valence-electron chi connectivity index (χ2n) is 7.14. The minimum atomic E-state index is -0.943. The number of non-ortho nitro benzene ring substituents is 1. The number of benzene rings is 3. The van der Waals surface area contributed by atoms with Crippen LogP contribution >= 0.6 is 22.9 Å². The van der Waals surface area contributed by atoms with E-state index in [0.29, 0.717) is 21.8 Å². The molecule has 4 aromatic rings. The number of nitrogens with zero attached hydrogens (tertiary/aromatic N) is 2. The molecule has 1 aromatic heterocycles. The van der Waals surface area contributed by atoms with Gasteiger partial charge in [-0.05, 0) is 42.0 Å². The lowest BCUT2D eigenvalue weighted by molar-refractivity contribution is -0.384. The molecule has 0 saturated carbocycles. The lowest BCUT2D eigenvalue weighted by atomic mass is 10.0. The summed E-state index contributed by atoms with van der Waals surface area (Å²) >= 11 is 7.13. The largest absolute Gasteiger partial charge is 0.338 e. The highest BCUT2D eigenvalue weighted by Gasteiger charge is 2.24. The highest BCUT2D eigenvalue weighted by atomic mass is 35.5. The number of fused-ring (bicyclic) bond motifs is 1. The van der Waals surface area contributed by atoms with E-state index in [0.717, 1.165) is 4.70 Å². The second-order valence-corrected chi connectivity index (χ2v) is 8.60. The highest BCUT2D eigenvalue weighted by molar-refractivity contribution is 7.20. The number of nitrogens with one attached hydrogen (secondary N) is 2. The Morgan fingerprint density at radius 1 is 1.03 bits per heavy atom. The van der Waals surface area contributed by atoms with Crippen LogP contribution in [0.2, 0.25) is 5.02 Å². The smallest absolute Gasteiger partial charge is 0.280 e. The second kappa shape index (κ2) is 9.76. The first-order valence-corrected chi connectivity index (χ1v) is 11.0. The van der Waals surface area contributed by atoms with E-state index in [1.807, 2.05) is 24.3 Å². The molecular weight excluding hydrogens is 464 g/mol. The number of anilines is 1. The summed E-state index contributed by atoms with van der Waals surface area (Å²) in [5, 5.41) is 17.2. The first-order chi connectivity index (χ1) is 15.9. The molecule has 0 saturated heterocycles. The first-order valence-electron chi connectivity index (χ1n) is 9.85. The zero-order valence-corrected chi connectivity index (χ0v) is 18.6. The van der Waals surface area contributed by atoms with Gasteiger partial charge in [-0.25, -0.2) is 4.98 Å². The third kappa shape index (κ3) is 5.51. The van der Waals surface area contributed by atoms with Crippen molar-refractivity contribution in [1.82, 2.24) is 10.3 Å². The van der Waals surface area contributed by atoms with Crippen molar-refractivity contribution in [2.75, 3.05) is 5.32 Å². The van der Waals surface area contributed by atoms with Gasteiger partial charge in [0.2, 0.25) is 5.91 Å². The summed E-state index contributed by atoms with van der Waals surface area (Å²) in [6.07, 6.45) is 0.133. The molecule has 10 heteroatoms. The lowest BCUT2D eigenvalue weighted by Gasteiger charge is -2.18. The Balaban J connectivity index is 1.56. The zero-order chi connectivity index (χ0) is 23.4. The monoisotopic (exact) mass is 480 g/mol. The average Bonchev–Trinajstić information content (AvgIpc) is 3.25. The molecule has 0 radical (unpaired) electrons. The number of nitro groups is 1. The highest BCUT2D eigenvalue weighted by Crippen LogP contribution is 2.22. The van der Waals surface area contributed by atoms with Crippen molar-refractivity contribution in [2.24, 2.45) is 0 Å². The molecule has 2 amide bonds. The fourth-order valence-electron chi connectivity index (χ4n) is 3.15. The molecule has 1 heterocycles. The van der Waals surface area contributed by atoms with Gasteiger partial charge in [-0.15, -0.1) is 11.3 Å². The van der Waals surface area contributed by atoms with Crippen LogP contribution in [0.1, 0.15) is 15.4 Å². The molecule has 0 aliphatic heterocycles. The third-order valence-corrected chi connectivity index (χ3v) is 6.10. The molecular formula is C23H17ClN4O4S. The minimum absolute atomic E-state index is 0.0561. The number of hydrogen-bond donors (Lipinski definition) is 2. The average molecular weight is 481 g/mol. The minimum Gasteiger partial charge on any atom is -0.338 e. The van der Waals surface area contributed by atoms with Gasteiger partial charge in [0, 0.05) is 29.3 Å². The molecule has 0 aliphatic rings. The predicted molar refractivity (Wildman–Crippen MR) is 128 cm³/mol. The maximum absolute atomic E-state index is 13.0. The molecule has 166 valence electrons. The summed E-state index contributed by atoms with van der Waals surface area (Å²) in [6, 6.07) is 18.9. The van der Waals surface area contributed by atoms with E-state index in [2.05, 4.69) is 15.6 Å². The normalized spacial score (nSPS) is 11.7. The topological polar surface area (TPSA) is 114 Å². The molecule has 8 nitrogen and oxygen atoms in total. The Morgan fingerprint density at radius 3 is 2.39 bits per heavy atom. The molecule has 0 spiro atoms. The van der Waals surface area contributed by atoms with E-state index >= 15 is 0 Å². The van der Waals surface area contributed by atoms with Crippen LogP contribution in [0.15, 0.2) is 72.8 Å². The van der Waals surface area contributed by atoms with Crippen LogP contribution in [0, 0.1) is 10.1 Å². The van der Waals surface area contributed by atoms with Crippen LogP contribution in [0.25, 0.3) is 10.2 Å². The Kier molecular flexibility index (Phi) is 6.62. The lowest BCUT2D eigenvalue weighted by Crippen LogP contribution is -2.45. The van der Waals surface area contributed by atoms with Gasteiger partial charge in [0.05, 0.1) is 15.1 Å². The SMILES string of the molecule is O=C(NC(Cc1ccc([N+](=O)[O-])cc1)C(=O)Nc1ccc(Cl)cc1)c1nc2ccccc2s1. The van der Waals surface area contributed by atoms with Gasteiger partial charge in [-0.3, -0.25) is 19.7 Å². The molecule has 2 N–H and O–H groups in total. The first kappa shape index (κ1) is 22.4. The van der Waals surface area contributed by atoms with Crippen molar-refractivity contribution in [3.8, 4) is 0 Å². The van der Waals surface area contributed by atoms with Crippen molar-refractivity contribution >= 4 is 56.3 Å². The summed E-state index contributed by atoms with van der Waals surface area (Å²) in [4.78, 5) is 40.7. The van der Waals surface area contributed by atoms with E-state index < -0.39 is 22.8 Å². The number of carbonyl (C=O) groups excluding carboxylic acids is 2. The molecule has 1 atom stereocenters. The van der Waals surface area contributed by atoms with E-state index in [1.54, 1.807) is 36.4 Å². The molecule has 33 heavy (non-hydrogen) atoms. The van der Waals surface area contributed by atoms with Gasteiger partial charge in [0.1, 0.15) is 6.04 Å². The predicted octanol–water partition coefficient (Wildman–Crippen LogP) is 4.84. The summed E-state index contributed by atoms with van der Waals surface area (Å²) < 4.78 is 0.861. The van der Waals surface area contributed by atoms with Crippen LogP contribution in [0.5, 0.6) is 0 Å². The quantitative estimate of drug-likeness (QED) is 0.290. The maximum atomic E-state index is 13.0. The van der Waals surface area contributed by atoms with Crippen molar-refractivity contribution < 1.29 is 14.5 Å². The number of carbonyl (C=O) groups is 2. The van der Waals surface area contributed by atoms with Crippen LogP contribution in [0.3, 0.4) is 0 Å². The fraction of sp³-hybridized carbons (Fsp3) is 0.0870. The fourth-order valence-corrected chi connectivity index (χ4v) is 4.15. The van der Waals surface area contributed by atoms with E-state index in [9.17, 15) is 19.7 Å². The number of thiazole rings is 1. The number of rotatable bonds is 7. The zero-order valence-electron chi connectivity index (χ0n) is 17.0. The Labute approximate surface area is 197 Å². The summed E-state index contributed by atoms with van der Waals surface area (Å²) in [5.74, 6) is -0.917. The van der Waals surface area contributed by atoms with Crippen molar-refractivity contribution in [3.63, 3.8) is 0 Å². The number of amides is 2. The number of nitro benzene ring substituents is 1. The van der Waals surface area contributed by atoms with E-state index in [-0.39, 0.29) is 17.1 Å². The molecule has 0 bridgehead atoms. The molecule has 4 rings (SSSR count). The number of para-hydroxylation sites is 1. The number of aromatic nitrogens is 1. The Bertz CT molecular complexity index is 1290. The Hall–Kier alpha value is -3.82. The van der Waals surface area contributed by atoms with Crippen LogP contribution in [0.4, 0.5) is 11.4 Å². The van der Waals surface area contributed by atoms with Crippen LogP contribution < -0.4 is 10.6 Å². The number of hydrogen-bond acceptors (Lipinski definition) is 6. The summed E-state index contributed by atoms with van der Waals surface area (Å²) in [5.41, 5.74) is 1.82. The van der Waals surface area contributed by atoms with Crippen LogP contribution in [-0.2, 0) is 11.2 Å². The van der Waals surface area contributed by atoms with Crippen molar-refractivity contribution in [2.45, 2.75) is 12.5 Å². The van der Waals surface area contributed by atoms with Gasteiger partial charge in [-0.1, -0.05) is 35.9 Å². The maximum Gasteiger partial charge on any atom is 0.280 e.